The van der Waals surface area contributed by atoms with E-state index in [4.69, 9.17) is 0 Å². The van der Waals surface area contributed by atoms with Gasteiger partial charge in [-0.3, -0.25) is 14.3 Å². The zero-order valence-electron chi connectivity index (χ0n) is 12.5. The van der Waals surface area contributed by atoms with Crippen LogP contribution in [0, 0.1) is 25.2 Å². The lowest BCUT2D eigenvalue weighted by atomic mass is 9.81. The van der Waals surface area contributed by atoms with E-state index in [-0.39, 0.29) is 18.4 Å². The molecule has 1 saturated heterocycles. The van der Waals surface area contributed by atoms with Crippen LogP contribution in [-0.2, 0) is 16.1 Å². The van der Waals surface area contributed by atoms with Gasteiger partial charge in [0.2, 0.25) is 5.91 Å². The summed E-state index contributed by atoms with van der Waals surface area (Å²) in [7, 11) is 0. The van der Waals surface area contributed by atoms with E-state index in [2.05, 4.69) is 5.10 Å². The van der Waals surface area contributed by atoms with Gasteiger partial charge in [0.15, 0.2) is 0 Å². The molecule has 2 fully saturated rings. The molecular formula is C15H21N3O3. The van der Waals surface area contributed by atoms with E-state index in [1.807, 2.05) is 19.9 Å². The zero-order chi connectivity index (χ0) is 15.2. The predicted octanol–water partition coefficient (Wildman–Crippen LogP) is 1.21. The van der Waals surface area contributed by atoms with Crippen molar-refractivity contribution in [3.05, 3.63) is 17.5 Å². The first-order valence-electron chi connectivity index (χ1n) is 7.44. The Balaban J connectivity index is 1.73. The van der Waals surface area contributed by atoms with E-state index < -0.39 is 11.4 Å². The molecule has 1 saturated carbocycles. The Hall–Kier alpha value is -1.85. The normalized spacial score (nSPS) is 27.9. The van der Waals surface area contributed by atoms with Crippen LogP contribution in [0.5, 0.6) is 0 Å². The molecule has 1 aromatic heterocycles. The van der Waals surface area contributed by atoms with Crippen LogP contribution in [0.3, 0.4) is 0 Å². The number of amides is 1. The van der Waals surface area contributed by atoms with E-state index in [9.17, 15) is 14.7 Å². The van der Waals surface area contributed by atoms with Crippen molar-refractivity contribution >= 4 is 11.9 Å². The minimum atomic E-state index is -0.744. The average molecular weight is 291 g/mol. The number of rotatable bonds is 3. The molecule has 1 aliphatic heterocycles. The second-order valence-electron chi connectivity index (χ2n) is 6.41. The van der Waals surface area contributed by atoms with Crippen molar-refractivity contribution in [3.8, 4) is 0 Å². The molecule has 2 aliphatic rings. The van der Waals surface area contributed by atoms with Crippen molar-refractivity contribution in [1.29, 1.82) is 0 Å². The zero-order valence-corrected chi connectivity index (χ0v) is 12.5. The van der Waals surface area contributed by atoms with Crippen LogP contribution in [-0.4, -0.2) is 44.8 Å². The largest absolute Gasteiger partial charge is 0.481 e. The summed E-state index contributed by atoms with van der Waals surface area (Å²) in [5, 5.41) is 13.9. The van der Waals surface area contributed by atoms with Crippen LogP contribution in [0.25, 0.3) is 0 Å². The number of carboxylic acid groups (broad SMARTS) is 1. The van der Waals surface area contributed by atoms with E-state index in [0.29, 0.717) is 19.5 Å². The third kappa shape index (κ3) is 2.22. The van der Waals surface area contributed by atoms with Gasteiger partial charge in [-0.25, -0.2) is 0 Å². The molecule has 6 heteroatoms. The number of hydrogen-bond acceptors (Lipinski definition) is 3. The number of aryl methyl sites for hydroxylation is 2. The Morgan fingerprint density at radius 3 is 2.81 bits per heavy atom. The van der Waals surface area contributed by atoms with Gasteiger partial charge in [0, 0.05) is 18.8 Å². The van der Waals surface area contributed by atoms with E-state index in [0.717, 1.165) is 24.2 Å². The lowest BCUT2D eigenvalue weighted by molar-refractivity contribution is -0.149. The van der Waals surface area contributed by atoms with E-state index in [1.165, 1.54) is 0 Å². The number of aliphatic carboxylic acids is 1. The lowest BCUT2D eigenvalue weighted by Crippen LogP contribution is -2.38. The minimum absolute atomic E-state index is 0.0313. The molecule has 1 aliphatic carbocycles. The van der Waals surface area contributed by atoms with Crippen molar-refractivity contribution in [2.45, 2.75) is 39.7 Å². The number of hydrogen-bond donors (Lipinski definition) is 1. The first-order valence-corrected chi connectivity index (χ1v) is 7.44. The Morgan fingerprint density at radius 2 is 2.24 bits per heavy atom. The summed E-state index contributed by atoms with van der Waals surface area (Å²) in [6, 6.07) is 1.94. The van der Waals surface area contributed by atoms with Crippen LogP contribution in [0.4, 0.5) is 0 Å². The van der Waals surface area contributed by atoms with Crippen molar-refractivity contribution in [1.82, 2.24) is 14.7 Å². The maximum absolute atomic E-state index is 12.4. The van der Waals surface area contributed by atoms with Crippen LogP contribution >= 0.6 is 0 Å². The Bertz CT molecular complexity index is 595. The Morgan fingerprint density at radius 1 is 1.48 bits per heavy atom. The van der Waals surface area contributed by atoms with Crippen molar-refractivity contribution < 1.29 is 14.7 Å². The van der Waals surface area contributed by atoms with Gasteiger partial charge in [0.25, 0.3) is 0 Å². The average Bonchev–Trinajstić information content (AvgIpc) is 3.02. The van der Waals surface area contributed by atoms with Crippen molar-refractivity contribution in [2.24, 2.45) is 11.3 Å². The highest BCUT2D eigenvalue weighted by Crippen LogP contribution is 2.48. The molecule has 0 unspecified atom stereocenters. The third-order valence-electron chi connectivity index (χ3n) is 5.04. The molecule has 0 spiro atoms. The molecule has 0 aromatic carbocycles. The fourth-order valence-electron chi connectivity index (χ4n) is 3.89. The smallest absolute Gasteiger partial charge is 0.311 e. The molecular weight excluding hydrogens is 270 g/mol. The summed E-state index contributed by atoms with van der Waals surface area (Å²) >= 11 is 0. The first kappa shape index (κ1) is 14.1. The minimum Gasteiger partial charge on any atom is -0.481 e. The summed E-state index contributed by atoms with van der Waals surface area (Å²) < 4.78 is 1.69. The third-order valence-corrected chi connectivity index (χ3v) is 5.04. The first-order chi connectivity index (χ1) is 9.92. The lowest BCUT2D eigenvalue weighted by Gasteiger charge is -2.23. The van der Waals surface area contributed by atoms with Crippen LogP contribution in [0.2, 0.25) is 0 Å². The predicted molar refractivity (Wildman–Crippen MR) is 75.7 cm³/mol. The Labute approximate surface area is 123 Å². The van der Waals surface area contributed by atoms with Crippen molar-refractivity contribution in [3.63, 3.8) is 0 Å². The number of carboxylic acids is 1. The van der Waals surface area contributed by atoms with Crippen LogP contribution in [0.15, 0.2) is 6.07 Å². The van der Waals surface area contributed by atoms with Crippen molar-refractivity contribution in [2.75, 3.05) is 13.1 Å². The van der Waals surface area contributed by atoms with E-state index in [1.54, 1.807) is 9.58 Å². The number of nitrogens with zero attached hydrogens (tertiary/aromatic N) is 3. The quantitative estimate of drug-likeness (QED) is 0.908. The number of carbonyl (C=O) groups is 2. The summed E-state index contributed by atoms with van der Waals surface area (Å²) in [6.45, 7) is 4.94. The highest BCUT2D eigenvalue weighted by Gasteiger charge is 2.55. The SMILES string of the molecule is Cc1cc(C)n(CC(=O)N2C[C@@H]3CCC[C@@]3(C(=O)O)C2)n1. The van der Waals surface area contributed by atoms with Gasteiger partial charge in [-0.2, -0.15) is 5.10 Å². The van der Waals surface area contributed by atoms with Gasteiger partial charge in [0.1, 0.15) is 6.54 Å². The standard InChI is InChI=1S/C15H21N3O3/c1-10-6-11(2)18(16-10)8-13(19)17-7-12-4-3-5-15(12,9-17)14(20)21/h6,12H,3-5,7-9H2,1-2H3,(H,20,21)/t12-,15+/m0/s1. The van der Waals surface area contributed by atoms with Gasteiger partial charge in [-0.15, -0.1) is 0 Å². The molecule has 21 heavy (non-hydrogen) atoms. The van der Waals surface area contributed by atoms with Gasteiger partial charge in [0.05, 0.1) is 11.1 Å². The summed E-state index contributed by atoms with van der Waals surface area (Å²) in [5.41, 5.74) is 1.14. The highest BCUT2D eigenvalue weighted by atomic mass is 16.4. The van der Waals surface area contributed by atoms with Gasteiger partial charge >= 0.3 is 5.97 Å². The second kappa shape index (κ2) is 4.86. The summed E-state index contributed by atoms with van der Waals surface area (Å²) in [6.07, 6.45) is 2.56. The molecule has 2 atom stereocenters. The maximum Gasteiger partial charge on any atom is 0.311 e. The number of aromatic nitrogens is 2. The number of carbonyl (C=O) groups excluding carboxylic acids is 1. The molecule has 2 heterocycles. The summed E-state index contributed by atoms with van der Waals surface area (Å²) in [5.74, 6) is -0.665. The second-order valence-corrected chi connectivity index (χ2v) is 6.41. The van der Waals surface area contributed by atoms with Gasteiger partial charge < -0.3 is 10.0 Å². The van der Waals surface area contributed by atoms with E-state index >= 15 is 0 Å². The maximum atomic E-state index is 12.4. The van der Waals surface area contributed by atoms with Crippen LogP contribution in [0.1, 0.15) is 30.7 Å². The molecule has 3 rings (SSSR count). The molecule has 114 valence electrons. The van der Waals surface area contributed by atoms with Gasteiger partial charge in [-0.1, -0.05) is 6.42 Å². The van der Waals surface area contributed by atoms with Gasteiger partial charge in [-0.05, 0) is 38.7 Å². The molecule has 6 nitrogen and oxygen atoms in total. The van der Waals surface area contributed by atoms with Crippen LogP contribution < -0.4 is 0 Å². The monoisotopic (exact) mass is 291 g/mol. The fourth-order valence-corrected chi connectivity index (χ4v) is 3.89. The fraction of sp³-hybridized carbons (Fsp3) is 0.667. The molecule has 1 amide bonds. The summed E-state index contributed by atoms with van der Waals surface area (Å²) in [4.78, 5) is 25.8. The number of fused-ring (bicyclic) bond motifs is 1. The molecule has 1 N–H and O–H groups in total. The topological polar surface area (TPSA) is 75.4 Å². The highest BCUT2D eigenvalue weighted by molar-refractivity contribution is 5.81. The number of likely N-dealkylation sites (tertiary alicyclic amines) is 1. The molecule has 0 bridgehead atoms. The molecule has 1 aromatic rings. The molecule has 0 radical (unpaired) electrons. The Kier molecular flexibility index (Phi) is 3.26.